The maximum atomic E-state index is 14.1. The van der Waals surface area contributed by atoms with Crippen LogP contribution >= 0.6 is 11.6 Å². The molecular weight excluding hydrogens is 475 g/mol. The number of hydrogen-bond acceptors (Lipinski definition) is 5. The number of carbonyl (C=O) groups excluding carboxylic acids is 3. The number of nitrogens with zero attached hydrogens (tertiary/aromatic N) is 2. The molecule has 2 heterocycles. The number of halogens is 2. The largest absolute Gasteiger partial charge is 0.371 e. The van der Waals surface area contributed by atoms with Gasteiger partial charge in [-0.1, -0.05) is 17.7 Å². The minimum Gasteiger partial charge on any atom is -0.371 e. The molecule has 188 valence electrons. The van der Waals surface area contributed by atoms with Gasteiger partial charge >= 0.3 is 0 Å². The van der Waals surface area contributed by atoms with Crippen LogP contribution in [0.5, 0.6) is 0 Å². The number of rotatable bonds is 7. The van der Waals surface area contributed by atoms with E-state index < -0.39 is 41.4 Å². The number of likely N-dealkylation sites (tertiary alicyclic amines) is 1. The molecule has 2 fully saturated rings. The molecule has 3 rings (SSSR count). The van der Waals surface area contributed by atoms with Gasteiger partial charge in [-0.15, -0.1) is 0 Å². The highest BCUT2D eigenvalue weighted by molar-refractivity contribution is 6.30. The van der Waals surface area contributed by atoms with Crippen molar-refractivity contribution in [3.63, 3.8) is 0 Å². The predicted octanol–water partition coefficient (Wildman–Crippen LogP) is 2.81. The monoisotopic (exact) mass is 504 g/mol. The lowest BCUT2D eigenvalue weighted by atomic mass is 9.98. The molecule has 0 aliphatic carbocycles. The third-order valence-electron chi connectivity index (χ3n) is 5.89. The first kappa shape index (κ1) is 26.6. The fraction of sp³-hybridized carbons (Fsp3) is 0.520. The zero-order valence-electron chi connectivity index (χ0n) is 20.0. The summed E-state index contributed by atoms with van der Waals surface area (Å²) in [5, 5.41) is 15.2. The molecule has 0 radical (unpaired) electrons. The van der Waals surface area contributed by atoms with Crippen molar-refractivity contribution in [1.82, 2.24) is 15.5 Å². The quantitative estimate of drug-likeness (QED) is 0.555. The molecule has 0 aromatic heterocycles. The maximum absolute atomic E-state index is 14.1. The zero-order chi connectivity index (χ0) is 25.8. The summed E-state index contributed by atoms with van der Waals surface area (Å²) in [7, 11) is 0. The molecule has 35 heavy (non-hydrogen) atoms. The highest BCUT2D eigenvalue weighted by Crippen LogP contribution is 2.26. The molecule has 1 aromatic carbocycles. The first-order valence-corrected chi connectivity index (χ1v) is 11.9. The SMILES string of the molecule is CC(C)(C)OC1C[C@@H](C(=O)N[C@H](C#N)C[C@@H]2CCNC2=O)N(C(=O)/C=C/c2ccc(Cl)cc2F)C1. The number of benzene rings is 1. The molecule has 1 unspecified atom stereocenters. The molecule has 8 nitrogen and oxygen atoms in total. The van der Waals surface area contributed by atoms with Gasteiger partial charge in [0.1, 0.15) is 17.9 Å². The van der Waals surface area contributed by atoms with Gasteiger partial charge < -0.3 is 20.3 Å². The summed E-state index contributed by atoms with van der Waals surface area (Å²) < 4.78 is 20.1. The summed E-state index contributed by atoms with van der Waals surface area (Å²) >= 11 is 5.78. The second-order valence-corrected chi connectivity index (χ2v) is 10.2. The Labute approximate surface area is 209 Å². The van der Waals surface area contributed by atoms with Gasteiger partial charge in [-0.05, 0) is 51.8 Å². The summed E-state index contributed by atoms with van der Waals surface area (Å²) in [6.07, 6.45) is 3.20. The Morgan fingerprint density at radius 1 is 1.43 bits per heavy atom. The summed E-state index contributed by atoms with van der Waals surface area (Å²) in [4.78, 5) is 39.4. The molecule has 0 bridgehead atoms. The lowest BCUT2D eigenvalue weighted by Crippen LogP contribution is -2.48. The van der Waals surface area contributed by atoms with Crippen LogP contribution in [-0.4, -0.2) is 59.5 Å². The topological polar surface area (TPSA) is 112 Å². The van der Waals surface area contributed by atoms with Gasteiger partial charge in [0, 0.05) is 42.1 Å². The van der Waals surface area contributed by atoms with Crippen LogP contribution in [0.25, 0.3) is 6.08 Å². The zero-order valence-corrected chi connectivity index (χ0v) is 20.8. The van der Waals surface area contributed by atoms with E-state index in [0.29, 0.717) is 13.0 Å². The van der Waals surface area contributed by atoms with Crippen LogP contribution in [0.3, 0.4) is 0 Å². The van der Waals surface area contributed by atoms with Crippen molar-refractivity contribution in [3.8, 4) is 6.07 Å². The Balaban J connectivity index is 1.74. The lowest BCUT2D eigenvalue weighted by Gasteiger charge is -2.25. The molecule has 1 aromatic rings. The van der Waals surface area contributed by atoms with Crippen molar-refractivity contribution in [2.75, 3.05) is 13.1 Å². The number of amides is 3. The Kier molecular flexibility index (Phi) is 8.51. The van der Waals surface area contributed by atoms with Crippen molar-refractivity contribution in [2.45, 2.75) is 63.8 Å². The van der Waals surface area contributed by atoms with Crippen LogP contribution in [-0.2, 0) is 19.1 Å². The molecule has 10 heteroatoms. The van der Waals surface area contributed by atoms with E-state index in [4.69, 9.17) is 16.3 Å². The second kappa shape index (κ2) is 11.2. The summed E-state index contributed by atoms with van der Waals surface area (Å²) in [6.45, 7) is 6.37. The molecule has 4 atom stereocenters. The fourth-order valence-electron chi connectivity index (χ4n) is 4.33. The van der Waals surface area contributed by atoms with Gasteiger partial charge in [-0.25, -0.2) is 4.39 Å². The van der Waals surface area contributed by atoms with Crippen molar-refractivity contribution < 1.29 is 23.5 Å². The molecule has 2 aliphatic heterocycles. The van der Waals surface area contributed by atoms with Crippen LogP contribution in [0.15, 0.2) is 24.3 Å². The fourth-order valence-corrected chi connectivity index (χ4v) is 4.49. The minimum absolute atomic E-state index is 0.129. The number of nitrogens with one attached hydrogen (secondary N) is 2. The van der Waals surface area contributed by atoms with Gasteiger partial charge in [0.05, 0.1) is 17.8 Å². The van der Waals surface area contributed by atoms with E-state index in [1.807, 2.05) is 26.8 Å². The highest BCUT2D eigenvalue weighted by Gasteiger charge is 2.41. The molecule has 2 saturated heterocycles. The molecular formula is C25H30ClFN4O4. The van der Waals surface area contributed by atoms with Gasteiger partial charge in [0.25, 0.3) is 0 Å². The molecule has 2 aliphatic rings. The van der Waals surface area contributed by atoms with Crippen LogP contribution in [0.2, 0.25) is 5.02 Å². The third-order valence-corrected chi connectivity index (χ3v) is 6.13. The first-order chi connectivity index (χ1) is 16.5. The van der Waals surface area contributed by atoms with Crippen molar-refractivity contribution >= 4 is 35.4 Å². The molecule has 0 saturated carbocycles. The Morgan fingerprint density at radius 3 is 2.77 bits per heavy atom. The average molecular weight is 505 g/mol. The van der Waals surface area contributed by atoms with Gasteiger partial charge in [0.15, 0.2) is 0 Å². The maximum Gasteiger partial charge on any atom is 0.247 e. The van der Waals surface area contributed by atoms with Crippen LogP contribution in [0.1, 0.15) is 45.6 Å². The number of hydrogen-bond donors (Lipinski definition) is 2. The Hall–Kier alpha value is -2.96. The third kappa shape index (κ3) is 7.26. The van der Waals surface area contributed by atoms with Crippen molar-refractivity contribution in [3.05, 3.63) is 40.7 Å². The normalized spacial score (nSPS) is 23.3. The smallest absolute Gasteiger partial charge is 0.247 e. The van der Waals surface area contributed by atoms with Crippen LogP contribution < -0.4 is 10.6 Å². The van der Waals surface area contributed by atoms with Crippen molar-refractivity contribution in [1.29, 1.82) is 5.26 Å². The Morgan fingerprint density at radius 2 is 2.17 bits per heavy atom. The van der Waals surface area contributed by atoms with E-state index >= 15 is 0 Å². The van der Waals surface area contributed by atoms with Crippen molar-refractivity contribution in [2.24, 2.45) is 5.92 Å². The van der Waals surface area contributed by atoms with E-state index in [2.05, 4.69) is 10.6 Å². The summed E-state index contributed by atoms with van der Waals surface area (Å²) in [5.74, 6) is -2.01. The minimum atomic E-state index is -0.872. The van der Waals surface area contributed by atoms with Crippen LogP contribution in [0.4, 0.5) is 4.39 Å². The molecule has 3 amide bonds. The van der Waals surface area contributed by atoms with Gasteiger partial charge in [-0.2, -0.15) is 5.26 Å². The highest BCUT2D eigenvalue weighted by atomic mass is 35.5. The Bertz CT molecular complexity index is 1050. The van der Waals surface area contributed by atoms with Crippen LogP contribution in [0, 0.1) is 23.1 Å². The van der Waals surface area contributed by atoms with E-state index in [1.54, 1.807) is 0 Å². The summed E-state index contributed by atoms with van der Waals surface area (Å²) in [6, 6.07) is 4.42. The van der Waals surface area contributed by atoms with E-state index in [0.717, 1.165) is 6.07 Å². The molecule has 0 spiro atoms. The predicted molar refractivity (Wildman–Crippen MR) is 128 cm³/mol. The van der Waals surface area contributed by atoms with E-state index in [-0.39, 0.29) is 41.8 Å². The first-order valence-electron chi connectivity index (χ1n) is 11.6. The summed E-state index contributed by atoms with van der Waals surface area (Å²) in [5.41, 5.74) is -0.303. The van der Waals surface area contributed by atoms with E-state index in [1.165, 1.54) is 29.2 Å². The van der Waals surface area contributed by atoms with Gasteiger partial charge in [-0.3, -0.25) is 14.4 Å². The lowest BCUT2D eigenvalue weighted by molar-refractivity contribution is -0.135. The standard InChI is InChI=1S/C25H30ClFN4O4/c1-25(2,3)35-19-12-21(24(34)30-18(13-28)10-16-8-9-29-23(16)33)31(14-19)22(32)7-5-15-4-6-17(26)11-20(15)27/h4-7,11,16,18-19,21H,8-10,12,14H2,1-3H3,(H,29,33)(H,30,34)/b7-5+/t16-,18-,19?,21-/m0/s1. The van der Waals surface area contributed by atoms with E-state index in [9.17, 15) is 24.0 Å². The number of ether oxygens (including phenoxy) is 1. The number of carbonyl (C=O) groups is 3. The molecule has 2 N–H and O–H groups in total. The average Bonchev–Trinajstić information content (AvgIpc) is 3.37. The van der Waals surface area contributed by atoms with Gasteiger partial charge in [0.2, 0.25) is 17.7 Å². The number of nitriles is 1. The second-order valence-electron chi connectivity index (χ2n) is 9.80.